The summed E-state index contributed by atoms with van der Waals surface area (Å²) in [5.74, 6) is 0. The van der Waals surface area contributed by atoms with E-state index in [1.807, 2.05) is 54.6 Å². The minimum Gasteiger partial charge on any atom is -0.464 e. The summed E-state index contributed by atoms with van der Waals surface area (Å²) >= 11 is 0. The number of ether oxygens (including phenoxy) is 1. The van der Waals surface area contributed by atoms with Crippen LogP contribution < -0.4 is 5.73 Å². The second kappa shape index (κ2) is 9.67. The molecular weight excluding hydrogens is 420 g/mol. The highest BCUT2D eigenvalue weighted by Crippen LogP contribution is 2.34. The molecule has 0 fully saturated rings. The lowest BCUT2D eigenvalue weighted by atomic mass is 9.96. The van der Waals surface area contributed by atoms with Crippen LogP contribution >= 0.6 is 0 Å². The van der Waals surface area contributed by atoms with Gasteiger partial charge >= 0.3 is 0 Å². The number of aromatic amines is 1. The Bertz CT molecular complexity index is 1390. The zero-order valence-corrected chi connectivity index (χ0v) is 18.8. The van der Waals surface area contributed by atoms with Crippen molar-refractivity contribution in [3.05, 3.63) is 114 Å². The molecule has 1 unspecified atom stereocenters. The molecule has 0 bridgehead atoms. The van der Waals surface area contributed by atoms with Gasteiger partial charge in [-0.05, 0) is 40.5 Å². The molecule has 3 N–H and O–H groups in total. The first-order valence-corrected chi connectivity index (χ1v) is 11.4. The Morgan fingerprint density at radius 3 is 2.09 bits per heavy atom. The lowest BCUT2D eigenvalue weighted by molar-refractivity contribution is -0.133. The second-order valence-corrected chi connectivity index (χ2v) is 8.48. The molecule has 5 aromatic rings. The van der Waals surface area contributed by atoms with Gasteiger partial charge in [-0.1, -0.05) is 84.9 Å². The first kappa shape index (κ1) is 21.5. The number of aromatic nitrogens is 1. The van der Waals surface area contributed by atoms with E-state index in [1.165, 1.54) is 5.56 Å². The third-order valence-electron chi connectivity index (χ3n) is 6.17. The van der Waals surface area contributed by atoms with Gasteiger partial charge in [0, 0.05) is 40.7 Å². The van der Waals surface area contributed by atoms with E-state index < -0.39 is 0 Å². The number of nitrogens with two attached hydrogens (primary N) is 1. The van der Waals surface area contributed by atoms with E-state index in [1.54, 1.807) is 0 Å². The van der Waals surface area contributed by atoms with Gasteiger partial charge in [0.2, 0.25) is 0 Å². The molecule has 0 radical (unpaired) electrons. The number of H-pyrrole nitrogens is 1. The molecule has 1 aromatic heterocycles. The number of nitrogen functional groups attached to an aromatic ring is 1. The Morgan fingerprint density at radius 1 is 0.765 bits per heavy atom. The molecule has 0 aliphatic heterocycles. The quantitative estimate of drug-likeness (QED) is 0.214. The van der Waals surface area contributed by atoms with Crippen LogP contribution in [0.3, 0.4) is 0 Å². The molecule has 168 valence electrons. The third kappa shape index (κ3) is 4.57. The maximum atomic E-state index is 11.4. The maximum Gasteiger partial charge on any atom is 0.293 e. The highest BCUT2D eigenvalue weighted by atomic mass is 16.5. The van der Waals surface area contributed by atoms with E-state index in [4.69, 9.17) is 10.5 Å². The van der Waals surface area contributed by atoms with Crippen LogP contribution in [0.25, 0.3) is 33.2 Å². The monoisotopic (exact) mass is 446 g/mol. The van der Waals surface area contributed by atoms with Gasteiger partial charge < -0.3 is 15.5 Å². The summed E-state index contributed by atoms with van der Waals surface area (Å²) in [5, 5.41) is 1.07. The normalized spacial score (nSPS) is 11.9. The van der Waals surface area contributed by atoms with Crippen LogP contribution in [0, 0.1) is 0 Å². The summed E-state index contributed by atoms with van der Waals surface area (Å²) in [6.07, 6.45) is 0.894. The van der Waals surface area contributed by atoms with Gasteiger partial charge in [-0.25, -0.2) is 0 Å². The van der Waals surface area contributed by atoms with Crippen molar-refractivity contribution in [2.45, 2.75) is 18.9 Å². The first-order valence-electron chi connectivity index (χ1n) is 11.4. The average molecular weight is 447 g/mol. The van der Waals surface area contributed by atoms with Gasteiger partial charge in [0.05, 0.1) is 0 Å². The molecule has 0 aliphatic rings. The highest BCUT2D eigenvalue weighted by Gasteiger charge is 2.19. The predicted octanol–water partition coefficient (Wildman–Crippen LogP) is 6.41. The van der Waals surface area contributed by atoms with E-state index in [2.05, 4.69) is 53.5 Å². The molecule has 0 amide bonds. The minimum atomic E-state index is -0.298. The second-order valence-electron chi connectivity index (χ2n) is 8.48. The molecule has 4 heteroatoms. The van der Waals surface area contributed by atoms with Crippen molar-refractivity contribution < 1.29 is 9.53 Å². The summed E-state index contributed by atoms with van der Waals surface area (Å²) in [5.41, 5.74) is 14.5. The topological polar surface area (TPSA) is 68.1 Å². The van der Waals surface area contributed by atoms with E-state index in [-0.39, 0.29) is 6.10 Å². The smallest absolute Gasteiger partial charge is 0.293 e. The lowest BCUT2D eigenvalue weighted by Crippen LogP contribution is -2.19. The Labute approximate surface area is 199 Å². The zero-order valence-electron chi connectivity index (χ0n) is 18.8. The van der Waals surface area contributed by atoms with Crippen LogP contribution in [-0.4, -0.2) is 17.6 Å². The van der Waals surface area contributed by atoms with Crippen molar-refractivity contribution in [3.63, 3.8) is 0 Å². The van der Waals surface area contributed by atoms with Crippen molar-refractivity contribution in [2.75, 3.05) is 5.73 Å². The molecule has 0 saturated heterocycles. The summed E-state index contributed by atoms with van der Waals surface area (Å²) in [6.45, 7) is 0.547. The molecule has 1 heterocycles. The van der Waals surface area contributed by atoms with Gasteiger partial charge in [0.25, 0.3) is 6.47 Å². The number of fused-ring (bicyclic) bond motifs is 1. The van der Waals surface area contributed by atoms with Crippen LogP contribution in [0.15, 0.2) is 103 Å². The van der Waals surface area contributed by atoms with Gasteiger partial charge in [0.15, 0.2) is 0 Å². The number of carbonyl (C=O) groups excluding carboxylic acids is 1. The van der Waals surface area contributed by atoms with Crippen molar-refractivity contribution >= 4 is 23.1 Å². The van der Waals surface area contributed by atoms with Gasteiger partial charge in [-0.15, -0.1) is 0 Å². The van der Waals surface area contributed by atoms with E-state index in [0.29, 0.717) is 19.3 Å². The van der Waals surface area contributed by atoms with Crippen molar-refractivity contribution in [1.82, 2.24) is 4.98 Å². The number of rotatable bonds is 8. The molecule has 5 rings (SSSR count). The molecule has 1 atom stereocenters. The summed E-state index contributed by atoms with van der Waals surface area (Å²) in [6, 6.07) is 34.8. The minimum absolute atomic E-state index is 0.298. The Morgan fingerprint density at radius 2 is 1.41 bits per heavy atom. The maximum absolute atomic E-state index is 11.4. The standard InChI is InChI=1S/C30H26N2O2/c31-25-15-16-28-27(18-25)30(24-9-5-2-6-10-24)29(32-28)19-26(34-20-33)17-21-11-13-23(14-12-21)22-7-3-1-4-8-22/h1-16,18,20,26,32H,17,19,31H2. The Kier molecular flexibility index (Phi) is 6.13. The van der Waals surface area contributed by atoms with Crippen molar-refractivity contribution in [2.24, 2.45) is 0 Å². The Balaban J connectivity index is 1.45. The molecule has 0 spiro atoms. The fraction of sp³-hybridized carbons (Fsp3) is 0.100. The number of carbonyl (C=O) groups is 1. The first-order chi connectivity index (χ1) is 16.7. The number of benzene rings is 4. The number of hydrogen-bond acceptors (Lipinski definition) is 3. The van der Waals surface area contributed by atoms with Gasteiger partial charge in [0.1, 0.15) is 6.10 Å². The van der Waals surface area contributed by atoms with Crippen LogP contribution in [0.2, 0.25) is 0 Å². The van der Waals surface area contributed by atoms with Crippen molar-refractivity contribution in [3.8, 4) is 22.3 Å². The third-order valence-corrected chi connectivity index (χ3v) is 6.17. The zero-order chi connectivity index (χ0) is 23.3. The molecule has 4 aromatic carbocycles. The highest BCUT2D eigenvalue weighted by molar-refractivity contribution is 5.99. The fourth-order valence-electron chi connectivity index (χ4n) is 4.55. The van der Waals surface area contributed by atoms with Crippen LogP contribution in [-0.2, 0) is 22.4 Å². The number of anilines is 1. The lowest BCUT2D eigenvalue weighted by Gasteiger charge is -2.16. The number of nitrogens with one attached hydrogen (secondary N) is 1. The van der Waals surface area contributed by atoms with Gasteiger partial charge in [-0.3, -0.25) is 4.79 Å². The molecule has 4 nitrogen and oxygen atoms in total. The molecule has 34 heavy (non-hydrogen) atoms. The molecule has 0 aliphatic carbocycles. The van der Waals surface area contributed by atoms with E-state index >= 15 is 0 Å². The molecule has 0 saturated carbocycles. The molecular formula is C30H26N2O2. The van der Waals surface area contributed by atoms with Crippen molar-refractivity contribution in [1.29, 1.82) is 0 Å². The summed E-state index contributed by atoms with van der Waals surface area (Å²) in [4.78, 5) is 14.9. The fourth-order valence-corrected chi connectivity index (χ4v) is 4.55. The van der Waals surface area contributed by atoms with E-state index in [9.17, 15) is 4.79 Å². The summed E-state index contributed by atoms with van der Waals surface area (Å²) in [7, 11) is 0. The van der Waals surface area contributed by atoms with Crippen LogP contribution in [0.4, 0.5) is 5.69 Å². The van der Waals surface area contributed by atoms with E-state index in [0.717, 1.165) is 44.5 Å². The largest absolute Gasteiger partial charge is 0.464 e. The average Bonchev–Trinajstić information content (AvgIpc) is 3.22. The Hall–Kier alpha value is -4.31. The van der Waals surface area contributed by atoms with Gasteiger partial charge in [-0.2, -0.15) is 0 Å². The van der Waals surface area contributed by atoms with Crippen LogP contribution in [0.5, 0.6) is 0 Å². The SMILES string of the molecule is Nc1ccc2[nH]c(CC(Cc3ccc(-c4ccccc4)cc3)OC=O)c(-c3ccccc3)c2c1. The predicted molar refractivity (Wildman–Crippen MR) is 138 cm³/mol. The van der Waals surface area contributed by atoms with Crippen LogP contribution in [0.1, 0.15) is 11.3 Å². The number of hydrogen-bond donors (Lipinski definition) is 2. The summed E-state index contributed by atoms with van der Waals surface area (Å²) < 4.78 is 5.55.